The molecule has 0 bridgehead atoms. The summed E-state index contributed by atoms with van der Waals surface area (Å²) in [4.78, 5) is 6.42. The zero-order chi connectivity index (χ0) is 15.0. The van der Waals surface area contributed by atoms with Gasteiger partial charge in [0.1, 0.15) is 12.4 Å². The highest BCUT2D eigenvalue weighted by Gasteiger charge is 2.03. The Morgan fingerprint density at radius 1 is 1.35 bits per heavy atom. The van der Waals surface area contributed by atoms with Crippen LogP contribution in [0, 0.1) is 0 Å². The van der Waals surface area contributed by atoms with Gasteiger partial charge in [-0.3, -0.25) is 0 Å². The molecule has 0 aliphatic carbocycles. The van der Waals surface area contributed by atoms with Gasteiger partial charge in [0.05, 0.1) is 6.54 Å². The number of guanidine groups is 1. The van der Waals surface area contributed by atoms with Crippen LogP contribution in [0.4, 0.5) is 0 Å². The third-order valence-electron chi connectivity index (χ3n) is 2.62. The molecule has 0 fully saturated rings. The zero-order valence-electron chi connectivity index (χ0n) is 12.9. The summed E-state index contributed by atoms with van der Waals surface area (Å²) in [5, 5.41) is 3.07. The molecule has 0 radical (unpaired) electrons. The molecular formula is C15H26N4O. The number of rotatable bonds is 7. The highest BCUT2D eigenvalue weighted by atomic mass is 16.5. The zero-order valence-corrected chi connectivity index (χ0v) is 12.9. The molecule has 0 spiro atoms. The SMILES string of the molecule is CC(C)NC(N)=NCc1ccccc1OCCN(C)C. The Kier molecular flexibility index (Phi) is 6.87. The summed E-state index contributed by atoms with van der Waals surface area (Å²) < 4.78 is 5.79. The molecule has 0 aliphatic heterocycles. The monoisotopic (exact) mass is 278 g/mol. The number of nitrogens with zero attached hydrogens (tertiary/aromatic N) is 2. The Hall–Kier alpha value is -1.75. The van der Waals surface area contributed by atoms with Gasteiger partial charge in [-0.05, 0) is 34.0 Å². The fourth-order valence-electron chi connectivity index (χ4n) is 1.63. The molecule has 1 aromatic carbocycles. The minimum absolute atomic E-state index is 0.283. The van der Waals surface area contributed by atoms with Crippen molar-refractivity contribution in [1.29, 1.82) is 0 Å². The molecule has 0 amide bonds. The maximum atomic E-state index is 5.80. The minimum Gasteiger partial charge on any atom is -0.492 e. The van der Waals surface area contributed by atoms with Crippen molar-refractivity contribution in [2.24, 2.45) is 10.7 Å². The van der Waals surface area contributed by atoms with Gasteiger partial charge >= 0.3 is 0 Å². The number of nitrogens with one attached hydrogen (secondary N) is 1. The smallest absolute Gasteiger partial charge is 0.189 e. The second kappa shape index (κ2) is 8.43. The maximum Gasteiger partial charge on any atom is 0.189 e. The maximum absolute atomic E-state index is 5.80. The number of aliphatic imine (C=N–C) groups is 1. The standard InChI is InChI=1S/C15H26N4O/c1-12(2)18-15(16)17-11-13-7-5-6-8-14(13)20-10-9-19(3)4/h5-8,12H,9-11H2,1-4H3,(H3,16,17,18). The minimum atomic E-state index is 0.283. The molecule has 5 nitrogen and oxygen atoms in total. The van der Waals surface area contributed by atoms with Crippen molar-refractivity contribution in [2.75, 3.05) is 27.2 Å². The lowest BCUT2D eigenvalue weighted by molar-refractivity contribution is 0.259. The van der Waals surface area contributed by atoms with Crippen molar-refractivity contribution >= 4 is 5.96 Å². The van der Waals surface area contributed by atoms with Crippen LogP contribution in [0.5, 0.6) is 5.75 Å². The second-order valence-corrected chi connectivity index (χ2v) is 5.26. The van der Waals surface area contributed by atoms with Gasteiger partial charge in [-0.25, -0.2) is 4.99 Å². The first-order valence-electron chi connectivity index (χ1n) is 6.91. The molecule has 5 heteroatoms. The largest absolute Gasteiger partial charge is 0.492 e. The quantitative estimate of drug-likeness (QED) is 0.585. The molecule has 112 valence electrons. The van der Waals surface area contributed by atoms with Crippen LogP contribution in [-0.2, 0) is 6.54 Å². The molecule has 3 N–H and O–H groups in total. The number of likely N-dealkylation sites (N-methyl/N-ethyl adjacent to an activating group) is 1. The molecule has 0 saturated heterocycles. The lowest BCUT2D eigenvalue weighted by Crippen LogP contribution is -2.36. The molecule has 0 unspecified atom stereocenters. The Balaban J connectivity index is 2.61. The molecule has 0 aliphatic rings. The number of ether oxygens (including phenoxy) is 1. The van der Waals surface area contributed by atoms with Crippen LogP contribution in [0.15, 0.2) is 29.3 Å². The van der Waals surface area contributed by atoms with E-state index in [9.17, 15) is 0 Å². The van der Waals surface area contributed by atoms with E-state index in [2.05, 4.69) is 15.2 Å². The van der Waals surface area contributed by atoms with Crippen molar-refractivity contribution in [3.05, 3.63) is 29.8 Å². The molecule has 20 heavy (non-hydrogen) atoms. The summed E-state index contributed by atoms with van der Waals surface area (Å²) in [6.07, 6.45) is 0. The van der Waals surface area contributed by atoms with Gasteiger partial charge in [0.15, 0.2) is 5.96 Å². The first-order chi connectivity index (χ1) is 9.49. The third kappa shape index (κ3) is 6.43. The summed E-state index contributed by atoms with van der Waals surface area (Å²) in [6, 6.07) is 8.21. The molecule has 1 rings (SSSR count). The van der Waals surface area contributed by atoms with Gasteiger partial charge in [-0.15, -0.1) is 0 Å². The van der Waals surface area contributed by atoms with Gasteiger partial charge in [0, 0.05) is 18.2 Å². The predicted molar refractivity (Wildman–Crippen MR) is 84.1 cm³/mol. The average molecular weight is 278 g/mol. The van der Waals surface area contributed by atoms with E-state index >= 15 is 0 Å². The highest BCUT2D eigenvalue weighted by Crippen LogP contribution is 2.18. The van der Waals surface area contributed by atoms with Gasteiger partial charge in [0.25, 0.3) is 0 Å². The van der Waals surface area contributed by atoms with E-state index in [0.29, 0.717) is 19.1 Å². The fraction of sp³-hybridized carbons (Fsp3) is 0.533. The molecule has 0 atom stereocenters. The normalized spacial score (nSPS) is 12.0. The van der Waals surface area contributed by atoms with Gasteiger partial charge in [-0.2, -0.15) is 0 Å². The summed E-state index contributed by atoms with van der Waals surface area (Å²) in [6.45, 7) is 6.12. The lowest BCUT2D eigenvalue weighted by Gasteiger charge is -2.13. The van der Waals surface area contributed by atoms with Crippen molar-refractivity contribution in [2.45, 2.75) is 26.4 Å². The van der Waals surface area contributed by atoms with Crippen LogP contribution in [0.1, 0.15) is 19.4 Å². The Morgan fingerprint density at radius 3 is 2.70 bits per heavy atom. The number of benzene rings is 1. The molecule has 0 saturated carbocycles. The van der Waals surface area contributed by atoms with Crippen LogP contribution in [0.25, 0.3) is 0 Å². The van der Waals surface area contributed by atoms with Crippen molar-refractivity contribution in [3.63, 3.8) is 0 Å². The summed E-state index contributed by atoms with van der Waals surface area (Å²) in [5.41, 5.74) is 6.85. The van der Waals surface area contributed by atoms with E-state index in [-0.39, 0.29) is 6.04 Å². The predicted octanol–water partition coefficient (Wildman–Crippen LogP) is 1.44. The summed E-state index contributed by atoms with van der Waals surface area (Å²) >= 11 is 0. The number of hydrogen-bond donors (Lipinski definition) is 2. The second-order valence-electron chi connectivity index (χ2n) is 5.26. The molecule has 0 heterocycles. The van der Waals surface area contributed by atoms with Crippen LogP contribution in [0.3, 0.4) is 0 Å². The Morgan fingerprint density at radius 2 is 2.05 bits per heavy atom. The Labute approximate surface area is 121 Å². The number of nitrogens with two attached hydrogens (primary N) is 1. The van der Waals surface area contributed by atoms with Crippen LogP contribution in [-0.4, -0.2) is 44.1 Å². The van der Waals surface area contributed by atoms with Crippen LogP contribution in [0.2, 0.25) is 0 Å². The molecule has 0 aromatic heterocycles. The van der Waals surface area contributed by atoms with Gasteiger partial charge < -0.3 is 20.7 Å². The number of hydrogen-bond acceptors (Lipinski definition) is 3. The Bertz CT molecular complexity index is 430. The first-order valence-corrected chi connectivity index (χ1v) is 6.91. The van der Waals surface area contributed by atoms with Crippen molar-refractivity contribution < 1.29 is 4.74 Å². The van der Waals surface area contributed by atoms with E-state index in [1.165, 1.54) is 0 Å². The molecular weight excluding hydrogens is 252 g/mol. The third-order valence-corrected chi connectivity index (χ3v) is 2.62. The van der Waals surface area contributed by atoms with Crippen molar-refractivity contribution in [1.82, 2.24) is 10.2 Å². The number of para-hydroxylation sites is 1. The van der Waals surface area contributed by atoms with Gasteiger partial charge in [-0.1, -0.05) is 18.2 Å². The van der Waals surface area contributed by atoms with E-state index in [4.69, 9.17) is 10.5 Å². The van der Waals surface area contributed by atoms with E-state index in [1.54, 1.807) is 0 Å². The lowest BCUT2D eigenvalue weighted by atomic mass is 10.2. The van der Waals surface area contributed by atoms with E-state index < -0.39 is 0 Å². The average Bonchev–Trinajstić information content (AvgIpc) is 2.36. The highest BCUT2D eigenvalue weighted by molar-refractivity contribution is 5.78. The van der Waals surface area contributed by atoms with Crippen LogP contribution < -0.4 is 15.8 Å². The van der Waals surface area contributed by atoms with Crippen molar-refractivity contribution in [3.8, 4) is 5.75 Å². The fourth-order valence-corrected chi connectivity index (χ4v) is 1.63. The van der Waals surface area contributed by atoms with Crippen LogP contribution >= 0.6 is 0 Å². The summed E-state index contributed by atoms with van der Waals surface area (Å²) in [5.74, 6) is 1.33. The first kappa shape index (κ1) is 16.3. The summed E-state index contributed by atoms with van der Waals surface area (Å²) in [7, 11) is 4.05. The molecule has 1 aromatic rings. The van der Waals surface area contributed by atoms with E-state index in [1.807, 2.05) is 52.2 Å². The van der Waals surface area contributed by atoms with Gasteiger partial charge in [0.2, 0.25) is 0 Å². The van der Waals surface area contributed by atoms with E-state index in [0.717, 1.165) is 17.9 Å². The topological polar surface area (TPSA) is 62.9 Å².